The lowest BCUT2D eigenvalue weighted by molar-refractivity contribution is 0.0949. The van der Waals surface area contributed by atoms with Gasteiger partial charge in [-0.05, 0) is 50.2 Å². The van der Waals surface area contributed by atoms with Gasteiger partial charge in [0, 0.05) is 29.7 Å². The second-order valence-corrected chi connectivity index (χ2v) is 6.61. The quantitative estimate of drug-likeness (QED) is 0.551. The summed E-state index contributed by atoms with van der Waals surface area (Å²) >= 11 is 0. The molecule has 0 aliphatic heterocycles. The van der Waals surface area contributed by atoms with Crippen molar-refractivity contribution in [3.63, 3.8) is 0 Å². The molecule has 1 heterocycles. The molecule has 0 aliphatic rings. The summed E-state index contributed by atoms with van der Waals surface area (Å²) in [5.41, 5.74) is 2.55. The van der Waals surface area contributed by atoms with Gasteiger partial charge < -0.3 is 20.4 Å². The van der Waals surface area contributed by atoms with Crippen LogP contribution in [0.3, 0.4) is 0 Å². The van der Waals surface area contributed by atoms with Crippen LogP contribution in [0, 0.1) is 0 Å². The SMILES string of the molecule is CCOc1ccc2[nH]cc(C(=O)NCc3cccc(C(C)NC)c3)c(=O)c2c1.Cl. The highest BCUT2D eigenvalue weighted by Gasteiger charge is 2.14. The van der Waals surface area contributed by atoms with Crippen molar-refractivity contribution in [1.29, 1.82) is 0 Å². The van der Waals surface area contributed by atoms with E-state index in [2.05, 4.69) is 22.5 Å². The van der Waals surface area contributed by atoms with Gasteiger partial charge in [-0.25, -0.2) is 0 Å². The van der Waals surface area contributed by atoms with Crippen LogP contribution in [0.1, 0.15) is 41.4 Å². The number of aromatic amines is 1. The Morgan fingerprint density at radius 3 is 2.72 bits per heavy atom. The first-order valence-corrected chi connectivity index (χ1v) is 9.36. The minimum atomic E-state index is -0.406. The molecule has 2 aromatic carbocycles. The number of hydrogen-bond acceptors (Lipinski definition) is 4. The van der Waals surface area contributed by atoms with Crippen LogP contribution in [-0.2, 0) is 6.54 Å². The smallest absolute Gasteiger partial charge is 0.257 e. The van der Waals surface area contributed by atoms with E-state index in [9.17, 15) is 9.59 Å². The zero-order chi connectivity index (χ0) is 20.1. The Hall–Kier alpha value is -2.83. The Morgan fingerprint density at radius 1 is 1.21 bits per heavy atom. The van der Waals surface area contributed by atoms with Crippen molar-refractivity contribution in [2.45, 2.75) is 26.4 Å². The summed E-state index contributed by atoms with van der Waals surface area (Å²) in [6, 6.07) is 13.4. The summed E-state index contributed by atoms with van der Waals surface area (Å²) in [5, 5.41) is 6.46. The number of H-pyrrole nitrogens is 1. The van der Waals surface area contributed by atoms with E-state index in [1.807, 2.05) is 38.2 Å². The Bertz CT molecular complexity index is 1050. The molecule has 3 N–H and O–H groups in total. The molecule has 1 amide bonds. The topological polar surface area (TPSA) is 83.2 Å². The molecule has 1 unspecified atom stereocenters. The molecule has 0 aliphatic carbocycles. The third-order valence-corrected chi connectivity index (χ3v) is 4.75. The Balaban J connectivity index is 0.00000300. The van der Waals surface area contributed by atoms with Gasteiger partial charge in [0.1, 0.15) is 11.3 Å². The number of hydrogen-bond donors (Lipinski definition) is 3. The highest BCUT2D eigenvalue weighted by Crippen LogP contribution is 2.17. The largest absolute Gasteiger partial charge is 0.494 e. The van der Waals surface area contributed by atoms with E-state index >= 15 is 0 Å². The molecule has 6 nitrogen and oxygen atoms in total. The van der Waals surface area contributed by atoms with Crippen molar-refractivity contribution in [1.82, 2.24) is 15.6 Å². The third-order valence-electron chi connectivity index (χ3n) is 4.75. The minimum absolute atomic E-state index is 0. The molecule has 1 atom stereocenters. The van der Waals surface area contributed by atoms with Crippen LogP contribution in [0.15, 0.2) is 53.5 Å². The highest BCUT2D eigenvalue weighted by molar-refractivity contribution is 5.97. The molecule has 1 aromatic heterocycles. The molecule has 0 saturated heterocycles. The lowest BCUT2D eigenvalue weighted by Gasteiger charge is -2.12. The number of carbonyl (C=O) groups is 1. The standard InChI is InChI=1S/C22H25N3O3.ClH/c1-4-28-17-8-9-20-18(11-17)21(26)19(13-24-20)22(27)25-12-15-6-5-7-16(10-15)14(2)23-3;/h5-11,13-14,23H,4,12H2,1-3H3,(H,24,26)(H,25,27);1H. The Morgan fingerprint density at radius 2 is 2.00 bits per heavy atom. The number of halogens is 1. The average molecular weight is 416 g/mol. The van der Waals surface area contributed by atoms with Gasteiger partial charge in [0.25, 0.3) is 5.91 Å². The van der Waals surface area contributed by atoms with E-state index in [0.29, 0.717) is 29.8 Å². The summed E-state index contributed by atoms with van der Waals surface area (Å²) in [6.07, 6.45) is 1.46. The van der Waals surface area contributed by atoms with E-state index in [1.54, 1.807) is 18.2 Å². The lowest BCUT2D eigenvalue weighted by atomic mass is 10.1. The van der Waals surface area contributed by atoms with Gasteiger partial charge >= 0.3 is 0 Å². The van der Waals surface area contributed by atoms with Crippen molar-refractivity contribution in [3.05, 3.63) is 75.6 Å². The van der Waals surface area contributed by atoms with E-state index in [-0.39, 0.29) is 29.4 Å². The normalized spacial score (nSPS) is 11.6. The monoisotopic (exact) mass is 415 g/mol. The predicted molar refractivity (Wildman–Crippen MR) is 118 cm³/mol. The summed E-state index contributed by atoms with van der Waals surface area (Å²) in [4.78, 5) is 28.4. The van der Waals surface area contributed by atoms with Crippen LogP contribution in [0.5, 0.6) is 5.75 Å². The van der Waals surface area contributed by atoms with Gasteiger partial charge in [0.05, 0.1) is 6.61 Å². The number of aromatic nitrogens is 1. The van der Waals surface area contributed by atoms with E-state index in [0.717, 1.165) is 11.1 Å². The lowest BCUT2D eigenvalue weighted by Crippen LogP contribution is -2.28. The van der Waals surface area contributed by atoms with Crippen LogP contribution < -0.4 is 20.8 Å². The summed E-state index contributed by atoms with van der Waals surface area (Å²) in [5.74, 6) is 0.200. The summed E-state index contributed by atoms with van der Waals surface area (Å²) in [6.45, 7) is 4.81. The summed E-state index contributed by atoms with van der Waals surface area (Å²) < 4.78 is 5.46. The number of benzene rings is 2. The maximum atomic E-state index is 12.8. The fraction of sp³-hybridized carbons (Fsp3) is 0.273. The maximum absolute atomic E-state index is 12.8. The number of nitrogens with one attached hydrogen (secondary N) is 3. The van der Waals surface area contributed by atoms with Gasteiger partial charge in [-0.1, -0.05) is 24.3 Å². The molecular weight excluding hydrogens is 390 g/mol. The molecule has 0 saturated carbocycles. The summed E-state index contributed by atoms with van der Waals surface area (Å²) in [7, 11) is 1.90. The number of amides is 1. The van der Waals surface area contributed by atoms with Gasteiger partial charge in [0.2, 0.25) is 5.43 Å². The zero-order valence-corrected chi connectivity index (χ0v) is 17.6. The van der Waals surface area contributed by atoms with E-state index in [4.69, 9.17) is 4.74 Å². The molecule has 0 bridgehead atoms. The first-order valence-electron chi connectivity index (χ1n) is 9.36. The third kappa shape index (κ3) is 5.16. The molecule has 7 heteroatoms. The van der Waals surface area contributed by atoms with Gasteiger partial charge in [-0.15, -0.1) is 12.4 Å². The number of pyridine rings is 1. The predicted octanol–water partition coefficient (Wildman–Crippen LogP) is 3.56. The molecular formula is C22H26ClN3O3. The maximum Gasteiger partial charge on any atom is 0.257 e. The molecule has 3 rings (SSSR count). The highest BCUT2D eigenvalue weighted by atomic mass is 35.5. The number of ether oxygens (including phenoxy) is 1. The van der Waals surface area contributed by atoms with Crippen molar-refractivity contribution in [2.24, 2.45) is 0 Å². The van der Waals surface area contributed by atoms with Gasteiger partial charge in [-0.3, -0.25) is 9.59 Å². The average Bonchev–Trinajstić information content (AvgIpc) is 2.72. The number of rotatable bonds is 7. The van der Waals surface area contributed by atoms with Gasteiger partial charge in [0.15, 0.2) is 0 Å². The van der Waals surface area contributed by atoms with Crippen LogP contribution >= 0.6 is 12.4 Å². The molecule has 3 aromatic rings. The van der Waals surface area contributed by atoms with Gasteiger partial charge in [-0.2, -0.15) is 0 Å². The second kappa shape index (κ2) is 10.1. The van der Waals surface area contributed by atoms with E-state index in [1.165, 1.54) is 6.20 Å². The van der Waals surface area contributed by atoms with E-state index < -0.39 is 5.91 Å². The van der Waals surface area contributed by atoms with Crippen molar-refractivity contribution in [2.75, 3.05) is 13.7 Å². The minimum Gasteiger partial charge on any atom is -0.494 e. The number of fused-ring (bicyclic) bond motifs is 1. The second-order valence-electron chi connectivity index (χ2n) is 6.61. The first kappa shape index (κ1) is 22.5. The van der Waals surface area contributed by atoms with Crippen LogP contribution in [0.2, 0.25) is 0 Å². The van der Waals surface area contributed by atoms with Crippen LogP contribution in [0.4, 0.5) is 0 Å². The molecule has 0 fully saturated rings. The van der Waals surface area contributed by atoms with Crippen molar-refractivity contribution < 1.29 is 9.53 Å². The Kier molecular flexibility index (Phi) is 7.82. The van der Waals surface area contributed by atoms with Crippen LogP contribution in [-0.4, -0.2) is 24.5 Å². The Labute approximate surface area is 176 Å². The molecule has 0 spiro atoms. The molecule has 0 radical (unpaired) electrons. The zero-order valence-electron chi connectivity index (χ0n) is 16.7. The van der Waals surface area contributed by atoms with Crippen LogP contribution in [0.25, 0.3) is 10.9 Å². The fourth-order valence-corrected chi connectivity index (χ4v) is 3.04. The fourth-order valence-electron chi connectivity index (χ4n) is 3.04. The van der Waals surface area contributed by atoms with Crippen molar-refractivity contribution in [3.8, 4) is 5.75 Å². The van der Waals surface area contributed by atoms with Crippen molar-refractivity contribution >= 4 is 29.2 Å². The first-order chi connectivity index (χ1) is 13.5. The molecule has 29 heavy (non-hydrogen) atoms. The molecule has 154 valence electrons. The number of carbonyl (C=O) groups excluding carboxylic acids is 1.